The van der Waals surface area contributed by atoms with Gasteiger partial charge in [0.25, 0.3) is 0 Å². The SMILES string of the molecule is CCCCCCCCC(C(=O)OO)C(C)(C)CC(C)(C)C. The molecule has 126 valence electrons. The van der Waals surface area contributed by atoms with Crippen molar-refractivity contribution in [3.63, 3.8) is 0 Å². The van der Waals surface area contributed by atoms with Gasteiger partial charge in [-0.3, -0.25) is 0 Å². The molecular weight excluding hydrogens is 264 g/mol. The molecule has 0 aromatic rings. The highest BCUT2D eigenvalue weighted by Crippen LogP contribution is 2.41. The Labute approximate surface area is 131 Å². The lowest BCUT2D eigenvalue weighted by atomic mass is 9.67. The van der Waals surface area contributed by atoms with Crippen molar-refractivity contribution in [3.05, 3.63) is 0 Å². The van der Waals surface area contributed by atoms with E-state index in [1.54, 1.807) is 0 Å². The van der Waals surface area contributed by atoms with Gasteiger partial charge in [0.05, 0.1) is 5.92 Å². The molecule has 0 aromatic carbocycles. The van der Waals surface area contributed by atoms with E-state index in [-0.39, 0.29) is 16.7 Å². The zero-order chi connectivity index (χ0) is 16.5. The molecule has 3 heteroatoms. The fourth-order valence-corrected chi connectivity index (χ4v) is 3.51. The molecule has 0 radical (unpaired) electrons. The summed E-state index contributed by atoms with van der Waals surface area (Å²) in [6.07, 6.45) is 8.95. The summed E-state index contributed by atoms with van der Waals surface area (Å²) in [6.45, 7) is 13.0. The van der Waals surface area contributed by atoms with E-state index >= 15 is 0 Å². The van der Waals surface area contributed by atoms with Gasteiger partial charge >= 0.3 is 5.97 Å². The molecule has 0 saturated carbocycles. The van der Waals surface area contributed by atoms with Crippen LogP contribution < -0.4 is 0 Å². The minimum absolute atomic E-state index is 0.151. The molecule has 0 aliphatic rings. The summed E-state index contributed by atoms with van der Waals surface area (Å²) in [5, 5.41) is 8.79. The third-order valence-corrected chi connectivity index (χ3v) is 4.15. The first-order valence-corrected chi connectivity index (χ1v) is 8.49. The Balaban J connectivity index is 4.48. The van der Waals surface area contributed by atoms with Gasteiger partial charge in [-0.1, -0.05) is 80.1 Å². The van der Waals surface area contributed by atoms with Gasteiger partial charge in [-0.2, -0.15) is 5.26 Å². The summed E-state index contributed by atoms with van der Waals surface area (Å²) < 4.78 is 0. The van der Waals surface area contributed by atoms with Crippen molar-refractivity contribution in [1.82, 2.24) is 0 Å². The van der Waals surface area contributed by atoms with Gasteiger partial charge in [0.2, 0.25) is 0 Å². The number of carbonyl (C=O) groups is 1. The molecule has 0 aliphatic heterocycles. The molecule has 21 heavy (non-hydrogen) atoms. The van der Waals surface area contributed by atoms with Crippen LogP contribution in [0.2, 0.25) is 0 Å². The number of rotatable bonds is 10. The van der Waals surface area contributed by atoms with Crippen LogP contribution in [0.25, 0.3) is 0 Å². The van der Waals surface area contributed by atoms with Gasteiger partial charge < -0.3 is 4.89 Å². The average molecular weight is 300 g/mol. The molecule has 0 saturated heterocycles. The van der Waals surface area contributed by atoms with Gasteiger partial charge in [0.1, 0.15) is 0 Å². The molecule has 0 fully saturated rings. The van der Waals surface area contributed by atoms with E-state index in [0.717, 1.165) is 25.7 Å². The second kappa shape index (κ2) is 9.45. The molecule has 3 nitrogen and oxygen atoms in total. The lowest BCUT2D eigenvalue weighted by Crippen LogP contribution is -2.35. The Hall–Kier alpha value is -0.570. The summed E-state index contributed by atoms with van der Waals surface area (Å²) in [7, 11) is 0. The van der Waals surface area contributed by atoms with Crippen LogP contribution in [0.4, 0.5) is 0 Å². The van der Waals surface area contributed by atoms with E-state index in [9.17, 15) is 4.79 Å². The number of unbranched alkanes of at least 4 members (excludes halogenated alkanes) is 5. The standard InChI is InChI=1S/C18H36O3/c1-7-8-9-10-11-12-13-15(16(19)21-20)18(5,6)14-17(2,3)4/h15,20H,7-14H2,1-6H3. The highest BCUT2D eigenvalue weighted by molar-refractivity contribution is 5.72. The largest absolute Gasteiger partial charge is 0.345 e. The molecule has 0 heterocycles. The van der Waals surface area contributed by atoms with Crippen molar-refractivity contribution in [2.24, 2.45) is 16.7 Å². The molecule has 0 rings (SSSR count). The number of hydrogen-bond acceptors (Lipinski definition) is 3. The molecule has 0 aliphatic carbocycles. The molecule has 0 spiro atoms. The molecular formula is C18H36O3. The molecule has 0 aromatic heterocycles. The van der Waals surface area contributed by atoms with Crippen LogP contribution in [0, 0.1) is 16.7 Å². The Morgan fingerprint density at radius 2 is 1.52 bits per heavy atom. The predicted octanol–water partition coefficient (Wildman–Crippen LogP) is 5.83. The Morgan fingerprint density at radius 1 is 1.00 bits per heavy atom. The van der Waals surface area contributed by atoms with E-state index < -0.39 is 5.97 Å². The van der Waals surface area contributed by atoms with E-state index in [1.165, 1.54) is 25.7 Å². The first kappa shape index (κ1) is 20.4. The van der Waals surface area contributed by atoms with Crippen molar-refractivity contribution in [2.45, 2.75) is 92.9 Å². The van der Waals surface area contributed by atoms with Crippen LogP contribution >= 0.6 is 0 Å². The molecule has 0 amide bonds. The topological polar surface area (TPSA) is 46.5 Å². The third-order valence-electron chi connectivity index (χ3n) is 4.15. The lowest BCUT2D eigenvalue weighted by molar-refractivity contribution is -0.243. The number of carbonyl (C=O) groups excluding carboxylic acids is 1. The van der Waals surface area contributed by atoms with Crippen LogP contribution in [-0.4, -0.2) is 11.2 Å². The zero-order valence-corrected chi connectivity index (χ0v) is 15.0. The quantitative estimate of drug-likeness (QED) is 0.313. The second-order valence-corrected chi connectivity index (χ2v) is 8.25. The molecule has 0 bridgehead atoms. The average Bonchev–Trinajstić information content (AvgIpc) is 2.34. The third kappa shape index (κ3) is 9.13. The first-order valence-electron chi connectivity index (χ1n) is 8.49. The summed E-state index contributed by atoms with van der Waals surface area (Å²) in [4.78, 5) is 16.0. The van der Waals surface area contributed by atoms with Crippen LogP contribution in [0.3, 0.4) is 0 Å². The van der Waals surface area contributed by atoms with Crippen LogP contribution in [0.5, 0.6) is 0 Å². The predicted molar refractivity (Wildman–Crippen MR) is 88.1 cm³/mol. The van der Waals surface area contributed by atoms with Crippen LogP contribution in [-0.2, 0) is 9.68 Å². The summed E-state index contributed by atoms with van der Waals surface area (Å²) in [5.41, 5.74) is -0.0138. The first-order chi connectivity index (χ1) is 9.64. The van der Waals surface area contributed by atoms with Gasteiger partial charge in [-0.15, -0.1) is 0 Å². The minimum atomic E-state index is -0.474. The minimum Gasteiger partial charge on any atom is -0.301 e. The van der Waals surface area contributed by atoms with Gasteiger partial charge in [0.15, 0.2) is 0 Å². The van der Waals surface area contributed by atoms with Gasteiger partial charge in [0, 0.05) is 0 Å². The summed E-state index contributed by atoms with van der Waals surface area (Å²) in [5.74, 6) is -0.703. The maximum Gasteiger partial charge on any atom is 0.345 e. The Morgan fingerprint density at radius 3 is 2.00 bits per heavy atom. The molecule has 1 unspecified atom stereocenters. The monoisotopic (exact) mass is 300 g/mol. The molecule has 1 N–H and O–H groups in total. The highest BCUT2D eigenvalue weighted by atomic mass is 17.1. The normalized spacial score (nSPS) is 14.0. The smallest absolute Gasteiger partial charge is 0.301 e. The summed E-state index contributed by atoms with van der Waals surface area (Å²) >= 11 is 0. The van der Waals surface area contributed by atoms with Crippen molar-refractivity contribution < 1.29 is 14.9 Å². The fraction of sp³-hybridized carbons (Fsp3) is 0.944. The van der Waals surface area contributed by atoms with Gasteiger partial charge in [-0.25, -0.2) is 4.79 Å². The maximum atomic E-state index is 11.9. The highest BCUT2D eigenvalue weighted by Gasteiger charge is 2.38. The maximum absolute atomic E-state index is 11.9. The lowest BCUT2D eigenvalue weighted by Gasteiger charge is -2.37. The zero-order valence-electron chi connectivity index (χ0n) is 15.0. The van der Waals surface area contributed by atoms with E-state index in [4.69, 9.17) is 5.26 Å². The van der Waals surface area contributed by atoms with Crippen LogP contribution in [0.1, 0.15) is 92.9 Å². The number of hydrogen-bond donors (Lipinski definition) is 1. The van der Waals surface area contributed by atoms with E-state index in [1.807, 2.05) is 0 Å². The van der Waals surface area contributed by atoms with E-state index in [2.05, 4.69) is 46.4 Å². The Kier molecular flexibility index (Phi) is 9.19. The van der Waals surface area contributed by atoms with Crippen LogP contribution in [0.15, 0.2) is 0 Å². The van der Waals surface area contributed by atoms with Gasteiger partial charge in [-0.05, 0) is 23.7 Å². The van der Waals surface area contributed by atoms with Crippen molar-refractivity contribution in [3.8, 4) is 0 Å². The molecule has 1 atom stereocenters. The van der Waals surface area contributed by atoms with E-state index in [0.29, 0.717) is 0 Å². The Bertz CT molecular complexity index is 289. The van der Waals surface area contributed by atoms with Crippen molar-refractivity contribution in [2.75, 3.05) is 0 Å². The van der Waals surface area contributed by atoms with Crippen molar-refractivity contribution in [1.29, 1.82) is 0 Å². The van der Waals surface area contributed by atoms with Crippen molar-refractivity contribution >= 4 is 5.97 Å². The second-order valence-electron chi connectivity index (χ2n) is 8.25. The summed E-state index contributed by atoms with van der Waals surface area (Å²) in [6, 6.07) is 0. The fourth-order valence-electron chi connectivity index (χ4n) is 3.51.